The molecule has 0 amide bonds. The number of benzene rings is 1. The van der Waals surface area contributed by atoms with Gasteiger partial charge in [0.15, 0.2) is 11.3 Å². The third-order valence-electron chi connectivity index (χ3n) is 3.66. The van der Waals surface area contributed by atoms with Gasteiger partial charge in [0.25, 0.3) is 0 Å². The zero-order valence-corrected chi connectivity index (χ0v) is 14.6. The van der Waals surface area contributed by atoms with E-state index < -0.39 is 0 Å². The van der Waals surface area contributed by atoms with Crippen LogP contribution in [0.3, 0.4) is 0 Å². The van der Waals surface area contributed by atoms with Gasteiger partial charge in [0.2, 0.25) is 0 Å². The van der Waals surface area contributed by atoms with Crippen molar-refractivity contribution >= 4 is 44.6 Å². The molecule has 1 saturated carbocycles. The Morgan fingerprint density at radius 2 is 1.86 bits per heavy atom. The third-order valence-corrected chi connectivity index (χ3v) is 5.46. The molecule has 0 aromatic heterocycles. The van der Waals surface area contributed by atoms with Crippen LogP contribution in [-0.4, -0.2) is 44.3 Å². The van der Waals surface area contributed by atoms with Crippen LogP contribution in [0.1, 0.15) is 42.5 Å². The zero-order valence-electron chi connectivity index (χ0n) is 12.9. The summed E-state index contributed by atoms with van der Waals surface area (Å²) in [5.74, 6) is 0.971. The normalized spacial score (nSPS) is 15.8. The molecule has 0 heterocycles. The van der Waals surface area contributed by atoms with Crippen molar-refractivity contribution in [1.82, 2.24) is 0 Å². The van der Waals surface area contributed by atoms with E-state index in [4.69, 9.17) is 21.1 Å². The van der Waals surface area contributed by atoms with Gasteiger partial charge in [-0.25, -0.2) is 0 Å². The fraction of sp³-hybridized carbons (Fsp3) is 0.533. The summed E-state index contributed by atoms with van der Waals surface area (Å²) in [6.07, 6.45) is 6.05. The van der Waals surface area contributed by atoms with Crippen LogP contribution in [0.25, 0.3) is 0 Å². The van der Waals surface area contributed by atoms with E-state index in [0.29, 0.717) is 27.7 Å². The summed E-state index contributed by atoms with van der Waals surface area (Å²) in [5, 5.41) is 0.449. The Hall–Kier alpha value is -0.193. The summed E-state index contributed by atoms with van der Waals surface area (Å²) in [6.45, 7) is 0. The summed E-state index contributed by atoms with van der Waals surface area (Å²) >= 11 is 6.12. The van der Waals surface area contributed by atoms with Gasteiger partial charge in [0.05, 0.1) is 19.2 Å². The van der Waals surface area contributed by atoms with Crippen LogP contribution in [0.4, 0.5) is 0 Å². The quantitative estimate of drug-likeness (QED) is 0.604. The monoisotopic (exact) mass is 321 g/mol. The standard InChI is InChI=1S/C15H20ClO3P.Li/c1-18-12-9-8-11(16)14(19-2)13(12)15(17)20-10-6-4-3-5-7-10;/h8-10,20H,3-7H2,1-2H3;. The minimum atomic E-state index is 0. The summed E-state index contributed by atoms with van der Waals surface area (Å²) < 4.78 is 10.6. The number of halogens is 1. The summed E-state index contributed by atoms with van der Waals surface area (Å²) in [6, 6.07) is 3.42. The van der Waals surface area contributed by atoms with Gasteiger partial charge in [-0.15, -0.1) is 0 Å². The van der Waals surface area contributed by atoms with Crippen molar-refractivity contribution in [3.05, 3.63) is 22.7 Å². The average Bonchev–Trinajstić information content (AvgIpc) is 2.47. The Bertz CT molecular complexity index is 490. The van der Waals surface area contributed by atoms with Gasteiger partial charge in [0.1, 0.15) is 11.3 Å². The molecule has 21 heavy (non-hydrogen) atoms. The molecule has 1 atom stereocenters. The Kier molecular flexibility index (Phi) is 8.14. The van der Waals surface area contributed by atoms with Crippen molar-refractivity contribution < 1.29 is 14.3 Å². The number of carbonyl (C=O) groups is 1. The molecule has 0 aliphatic heterocycles. The maximum absolute atomic E-state index is 12.6. The first-order chi connectivity index (χ1) is 9.67. The van der Waals surface area contributed by atoms with Gasteiger partial charge in [-0.3, -0.25) is 4.79 Å². The van der Waals surface area contributed by atoms with Crippen LogP contribution >= 0.6 is 20.2 Å². The minimum absolute atomic E-state index is 0. The van der Waals surface area contributed by atoms with Crippen LogP contribution in [0.15, 0.2) is 12.1 Å². The molecule has 1 unspecified atom stereocenters. The van der Waals surface area contributed by atoms with E-state index in [1.807, 2.05) is 0 Å². The summed E-state index contributed by atoms with van der Waals surface area (Å²) in [5.41, 5.74) is 1.09. The Labute approximate surface area is 145 Å². The van der Waals surface area contributed by atoms with Gasteiger partial charge in [-0.05, 0) is 39.2 Å². The number of carbonyl (C=O) groups excluding carboxylic acids is 1. The molecule has 0 saturated heterocycles. The van der Waals surface area contributed by atoms with E-state index in [9.17, 15) is 4.79 Å². The van der Waals surface area contributed by atoms with Gasteiger partial charge in [-0.1, -0.05) is 30.9 Å². The maximum Gasteiger partial charge on any atom is 0.188 e. The van der Waals surface area contributed by atoms with E-state index in [1.54, 1.807) is 19.2 Å². The largest absolute Gasteiger partial charge is 0.496 e. The molecular formula is C15H20ClLiO3P. The molecule has 111 valence electrons. The maximum atomic E-state index is 12.6. The zero-order chi connectivity index (χ0) is 14.5. The molecule has 3 nitrogen and oxygen atoms in total. The van der Waals surface area contributed by atoms with Crippen LogP contribution < -0.4 is 9.47 Å². The predicted octanol–water partition coefficient (Wildman–Crippen LogP) is 4.13. The fourth-order valence-electron chi connectivity index (χ4n) is 2.63. The topological polar surface area (TPSA) is 35.5 Å². The van der Waals surface area contributed by atoms with Crippen molar-refractivity contribution in [2.75, 3.05) is 14.2 Å². The molecule has 0 spiro atoms. The number of hydrogen-bond acceptors (Lipinski definition) is 3. The Morgan fingerprint density at radius 1 is 1.19 bits per heavy atom. The number of rotatable bonds is 5. The Morgan fingerprint density at radius 3 is 2.43 bits per heavy atom. The van der Waals surface area contributed by atoms with E-state index in [2.05, 4.69) is 0 Å². The van der Waals surface area contributed by atoms with Gasteiger partial charge < -0.3 is 9.47 Å². The molecule has 2 rings (SSSR count). The molecule has 0 bridgehead atoms. The van der Waals surface area contributed by atoms with E-state index in [0.717, 1.165) is 12.8 Å². The molecule has 0 N–H and O–H groups in total. The predicted molar refractivity (Wildman–Crippen MR) is 89.8 cm³/mol. The fourth-order valence-corrected chi connectivity index (χ4v) is 4.31. The molecule has 1 aliphatic carbocycles. The van der Waals surface area contributed by atoms with Gasteiger partial charge >= 0.3 is 0 Å². The molecule has 1 aromatic carbocycles. The molecule has 1 fully saturated rings. The summed E-state index contributed by atoms with van der Waals surface area (Å²) in [7, 11) is 3.36. The second-order valence-corrected chi connectivity index (χ2v) is 6.93. The first kappa shape index (κ1) is 18.9. The second-order valence-electron chi connectivity index (χ2n) is 4.97. The van der Waals surface area contributed by atoms with Crippen LogP contribution in [0.5, 0.6) is 11.5 Å². The number of hydrogen-bond donors (Lipinski definition) is 0. The molecule has 1 aliphatic rings. The van der Waals surface area contributed by atoms with E-state index in [1.165, 1.54) is 26.4 Å². The van der Waals surface area contributed by atoms with Crippen LogP contribution in [0.2, 0.25) is 5.02 Å². The van der Waals surface area contributed by atoms with E-state index in [-0.39, 0.29) is 33.0 Å². The van der Waals surface area contributed by atoms with Crippen molar-refractivity contribution in [3.63, 3.8) is 0 Å². The molecule has 1 radical (unpaired) electrons. The van der Waals surface area contributed by atoms with Gasteiger partial charge in [-0.2, -0.15) is 0 Å². The first-order valence-corrected chi connectivity index (χ1v) is 8.34. The molecule has 1 aromatic rings. The van der Waals surface area contributed by atoms with Crippen molar-refractivity contribution in [2.24, 2.45) is 0 Å². The number of ether oxygens (including phenoxy) is 2. The number of methoxy groups -OCH3 is 2. The summed E-state index contributed by atoms with van der Waals surface area (Å²) in [4.78, 5) is 12.6. The van der Waals surface area contributed by atoms with Crippen LogP contribution in [-0.2, 0) is 0 Å². The molecule has 6 heteroatoms. The smallest absolute Gasteiger partial charge is 0.188 e. The van der Waals surface area contributed by atoms with E-state index >= 15 is 0 Å². The van der Waals surface area contributed by atoms with Crippen molar-refractivity contribution in [3.8, 4) is 11.5 Å². The first-order valence-electron chi connectivity index (χ1n) is 6.88. The SMILES string of the molecule is COc1ccc(Cl)c(OC)c1C(=O)PC1CCCCC1.[Li]. The van der Waals surface area contributed by atoms with Crippen LogP contribution in [0, 0.1) is 0 Å². The van der Waals surface area contributed by atoms with Gasteiger partial charge in [0, 0.05) is 18.9 Å². The minimum Gasteiger partial charge on any atom is -0.496 e. The Balaban J connectivity index is 0.00000220. The molecular weight excluding hydrogens is 302 g/mol. The second kappa shape index (κ2) is 9.06. The average molecular weight is 322 g/mol. The van der Waals surface area contributed by atoms with Crippen molar-refractivity contribution in [2.45, 2.75) is 37.8 Å². The third kappa shape index (κ3) is 4.64. The van der Waals surface area contributed by atoms with Crippen molar-refractivity contribution in [1.29, 1.82) is 0 Å².